The van der Waals surface area contributed by atoms with E-state index in [0.29, 0.717) is 6.54 Å². The summed E-state index contributed by atoms with van der Waals surface area (Å²) in [7, 11) is 0. The van der Waals surface area contributed by atoms with Gasteiger partial charge in [-0.1, -0.05) is 6.07 Å². The first-order valence-electron chi connectivity index (χ1n) is 5.75. The summed E-state index contributed by atoms with van der Waals surface area (Å²) in [5.41, 5.74) is 7.33. The SMILES string of the molecule is Cc1cc(F)ccc1C(CN)OC(C)C(C)O. The van der Waals surface area contributed by atoms with Gasteiger partial charge in [0, 0.05) is 6.54 Å². The van der Waals surface area contributed by atoms with Gasteiger partial charge in [-0.3, -0.25) is 0 Å². The lowest BCUT2D eigenvalue weighted by atomic mass is 10.0. The molecule has 1 rings (SSSR count). The van der Waals surface area contributed by atoms with Gasteiger partial charge >= 0.3 is 0 Å². The third-order valence-corrected chi connectivity index (χ3v) is 2.85. The summed E-state index contributed by atoms with van der Waals surface area (Å²) in [6, 6.07) is 4.52. The number of aliphatic hydroxyl groups excluding tert-OH is 1. The summed E-state index contributed by atoms with van der Waals surface area (Å²) < 4.78 is 18.7. The number of halogens is 1. The van der Waals surface area contributed by atoms with Crippen molar-refractivity contribution in [2.75, 3.05) is 6.54 Å². The smallest absolute Gasteiger partial charge is 0.123 e. The Balaban J connectivity index is 2.86. The third kappa shape index (κ3) is 3.77. The first-order valence-corrected chi connectivity index (χ1v) is 5.75. The summed E-state index contributed by atoms with van der Waals surface area (Å²) in [5, 5.41) is 9.40. The molecule has 4 heteroatoms. The van der Waals surface area contributed by atoms with Crippen LogP contribution in [0.1, 0.15) is 31.1 Å². The fraction of sp³-hybridized carbons (Fsp3) is 0.538. The summed E-state index contributed by atoms with van der Waals surface area (Å²) in [6.45, 7) is 5.56. The van der Waals surface area contributed by atoms with E-state index >= 15 is 0 Å². The van der Waals surface area contributed by atoms with Crippen molar-refractivity contribution in [1.82, 2.24) is 0 Å². The summed E-state index contributed by atoms with van der Waals surface area (Å²) in [4.78, 5) is 0. The second-order valence-corrected chi connectivity index (χ2v) is 4.31. The highest BCUT2D eigenvalue weighted by Crippen LogP contribution is 2.23. The first kappa shape index (κ1) is 14.1. The molecule has 0 bridgehead atoms. The highest BCUT2D eigenvalue weighted by atomic mass is 19.1. The number of nitrogens with two attached hydrogens (primary N) is 1. The maximum Gasteiger partial charge on any atom is 0.123 e. The molecule has 0 saturated carbocycles. The number of hydrogen-bond donors (Lipinski definition) is 2. The van der Waals surface area contributed by atoms with Crippen molar-refractivity contribution in [1.29, 1.82) is 0 Å². The quantitative estimate of drug-likeness (QED) is 0.828. The molecule has 17 heavy (non-hydrogen) atoms. The number of aliphatic hydroxyl groups is 1. The predicted molar refractivity (Wildman–Crippen MR) is 65.2 cm³/mol. The fourth-order valence-corrected chi connectivity index (χ4v) is 1.63. The number of benzene rings is 1. The van der Waals surface area contributed by atoms with E-state index in [9.17, 15) is 9.50 Å². The van der Waals surface area contributed by atoms with Crippen molar-refractivity contribution in [3.63, 3.8) is 0 Å². The summed E-state index contributed by atoms with van der Waals surface area (Å²) in [5.74, 6) is -0.273. The summed E-state index contributed by atoms with van der Waals surface area (Å²) in [6.07, 6.45) is -1.20. The average molecular weight is 241 g/mol. The van der Waals surface area contributed by atoms with Crippen LogP contribution in [0.5, 0.6) is 0 Å². The van der Waals surface area contributed by atoms with Crippen molar-refractivity contribution >= 4 is 0 Å². The van der Waals surface area contributed by atoms with Gasteiger partial charge in [0.05, 0.1) is 18.3 Å². The molecule has 3 atom stereocenters. The zero-order valence-electron chi connectivity index (χ0n) is 10.5. The second-order valence-electron chi connectivity index (χ2n) is 4.31. The zero-order valence-corrected chi connectivity index (χ0v) is 10.5. The maximum absolute atomic E-state index is 13.0. The topological polar surface area (TPSA) is 55.5 Å². The Bertz CT molecular complexity index is 368. The van der Waals surface area contributed by atoms with Crippen molar-refractivity contribution in [3.8, 4) is 0 Å². The van der Waals surface area contributed by atoms with Crippen LogP contribution >= 0.6 is 0 Å². The third-order valence-electron chi connectivity index (χ3n) is 2.85. The molecule has 0 aromatic heterocycles. The van der Waals surface area contributed by atoms with Gasteiger partial charge < -0.3 is 15.6 Å². The minimum absolute atomic E-state index is 0.273. The molecule has 0 saturated heterocycles. The second kappa shape index (κ2) is 6.10. The molecule has 0 fully saturated rings. The predicted octanol–water partition coefficient (Wildman–Crippen LogP) is 1.92. The molecule has 0 aliphatic rings. The highest BCUT2D eigenvalue weighted by molar-refractivity contribution is 5.29. The minimum atomic E-state index is -0.565. The van der Waals surface area contributed by atoms with Gasteiger partial charge in [0.1, 0.15) is 5.82 Å². The molecule has 3 nitrogen and oxygen atoms in total. The van der Waals surface area contributed by atoms with Crippen LogP contribution in [0.3, 0.4) is 0 Å². The van der Waals surface area contributed by atoms with Gasteiger partial charge in [-0.15, -0.1) is 0 Å². The van der Waals surface area contributed by atoms with E-state index in [1.165, 1.54) is 12.1 Å². The van der Waals surface area contributed by atoms with Crippen LogP contribution in [0.4, 0.5) is 4.39 Å². The molecule has 3 unspecified atom stereocenters. The van der Waals surface area contributed by atoms with E-state index in [0.717, 1.165) is 11.1 Å². The molecule has 0 spiro atoms. The first-order chi connectivity index (χ1) is 7.95. The van der Waals surface area contributed by atoms with Crippen molar-refractivity contribution in [2.24, 2.45) is 5.73 Å². The van der Waals surface area contributed by atoms with Crippen LogP contribution in [0, 0.1) is 12.7 Å². The number of rotatable bonds is 5. The van der Waals surface area contributed by atoms with Crippen LogP contribution in [0.25, 0.3) is 0 Å². The van der Waals surface area contributed by atoms with E-state index in [2.05, 4.69) is 0 Å². The highest BCUT2D eigenvalue weighted by Gasteiger charge is 2.19. The van der Waals surface area contributed by atoms with E-state index in [1.54, 1.807) is 19.9 Å². The van der Waals surface area contributed by atoms with Crippen LogP contribution in [-0.4, -0.2) is 23.9 Å². The van der Waals surface area contributed by atoms with E-state index in [1.807, 2.05) is 6.92 Å². The van der Waals surface area contributed by atoms with E-state index in [4.69, 9.17) is 10.5 Å². The largest absolute Gasteiger partial charge is 0.391 e. The number of hydrogen-bond acceptors (Lipinski definition) is 3. The van der Waals surface area contributed by atoms with Gasteiger partial charge in [0.15, 0.2) is 0 Å². The summed E-state index contributed by atoms with van der Waals surface area (Å²) >= 11 is 0. The maximum atomic E-state index is 13.0. The monoisotopic (exact) mass is 241 g/mol. The Morgan fingerprint density at radius 3 is 2.53 bits per heavy atom. The van der Waals surface area contributed by atoms with Crippen molar-refractivity contribution < 1.29 is 14.2 Å². The lowest BCUT2D eigenvalue weighted by molar-refractivity contribution is -0.0593. The normalized spacial score (nSPS) is 16.6. The molecule has 0 heterocycles. The number of ether oxygens (including phenoxy) is 1. The lowest BCUT2D eigenvalue weighted by Gasteiger charge is -2.24. The molecule has 1 aromatic rings. The number of aryl methyl sites for hydroxylation is 1. The van der Waals surface area contributed by atoms with Gasteiger partial charge in [0.2, 0.25) is 0 Å². The van der Waals surface area contributed by atoms with E-state index in [-0.39, 0.29) is 18.0 Å². The molecule has 0 radical (unpaired) electrons. The van der Waals surface area contributed by atoms with Gasteiger partial charge in [-0.05, 0) is 44.0 Å². The molecule has 0 aliphatic carbocycles. The minimum Gasteiger partial charge on any atom is -0.391 e. The molecular formula is C13H20FNO2. The van der Waals surface area contributed by atoms with Crippen LogP contribution in [0.2, 0.25) is 0 Å². The molecule has 0 amide bonds. The molecular weight excluding hydrogens is 221 g/mol. The van der Waals surface area contributed by atoms with Gasteiger partial charge in [0.25, 0.3) is 0 Å². The Kier molecular flexibility index (Phi) is 5.05. The Hall–Kier alpha value is -0.970. The standard InChI is InChI=1S/C13H20FNO2/c1-8-6-11(14)4-5-12(8)13(7-15)17-10(3)9(2)16/h4-6,9-10,13,16H,7,15H2,1-3H3. The van der Waals surface area contributed by atoms with Gasteiger partial charge in [-0.2, -0.15) is 0 Å². The zero-order chi connectivity index (χ0) is 13.0. The molecule has 3 N–H and O–H groups in total. The van der Waals surface area contributed by atoms with E-state index < -0.39 is 6.10 Å². The van der Waals surface area contributed by atoms with Crippen LogP contribution in [0.15, 0.2) is 18.2 Å². The Labute approximate surface area is 101 Å². The molecule has 0 aliphatic heterocycles. The van der Waals surface area contributed by atoms with Crippen LogP contribution in [-0.2, 0) is 4.74 Å². The fourth-order valence-electron chi connectivity index (χ4n) is 1.63. The Morgan fingerprint density at radius 2 is 2.06 bits per heavy atom. The van der Waals surface area contributed by atoms with Crippen molar-refractivity contribution in [2.45, 2.75) is 39.1 Å². The lowest BCUT2D eigenvalue weighted by Crippen LogP contribution is -2.28. The van der Waals surface area contributed by atoms with Crippen molar-refractivity contribution in [3.05, 3.63) is 35.1 Å². The van der Waals surface area contributed by atoms with Gasteiger partial charge in [-0.25, -0.2) is 4.39 Å². The molecule has 96 valence electrons. The molecule has 1 aromatic carbocycles. The van der Waals surface area contributed by atoms with Crippen LogP contribution < -0.4 is 5.73 Å². The Morgan fingerprint density at radius 1 is 1.41 bits per heavy atom. The average Bonchev–Trinajstić information content (AvgIpc) is 2.26.